The van der Waals surface area contributed by atoms with E-state index >= 15 is 0 Å². The van der Waals surface area contributed by atoms with Crippen LogP contribution in [0.4, 0.5) is 0 Å². The molecule has 2 aromatic rings. The fraction of sp³-hybridized carbons (Fsp3) is 0. The van der Waals surface area contributed by atoms with Gasteiger partial charge in [-0.1, -0.05) is 30.3 Å². The Labute approximate surface area is 75.5 Å². The second-order valence-corrected chi connectivity index (χ2v) is 3.12. The van der Waals surface area contributed by atoms with Crippen molar-refractivity contribution in [2.45, 2.75) is 0 Å². The summed E-state index contributed by atoms with van der Waals surface area (Å²) in [5.41, 5.74) is 3.09. The molecule has 0 aliphatic carbocycles. The lowest BCUT2D eigenvalue weighted by Gasteiger charge is -1.92. The number of nitrogens with zero attached hydrogens (tertiary/aromatic N) is 1. The normalized spacial score (nSPS) is 9.00. The zero-order chi connectivity index (χ0) is 7.52. The van der Waals surface area contributed by atoms with Crippen molar-refractivity contribution in [1.82, 2.24) is 11.1 Å². The van der Waals surface area contributed by atoms with E-state index in [9.17, 15) is 0 Å². The van der Waals surface area contributed by atoms with Gasteiger partial charge in [-0.25, -0.2) is 0 Å². The van der Waals surface area contributed by atoms with E-state index in [2.05, 4.69) is 17.1 Å². The van der Waals surface area contributed by atoms with Crippen molar-refractivity contribution >= 4 is 11.3 Å². The zero-order valence-electron chi connectivity index (χ0n) is 6.60. The molecule has 1 heterocycles. The standard InChI is InChI=1S/C9H7NS.H3N/c1-2-4-8(5-3-1)9-6-10-7-11-9;/h1-7H;1H3. The van der Waals surface area contributed by atoms with E-state index in [1.54, 1.807) is 11.3 Å². The van der Waals surface area contributed by atoms with Gasteiger partial charge in [-0.05, 0) is 5.56 Å². The lowest BCUT2D eigenvalue weighted by atomic mass is 10.2. The van der Waals surface area contributed by atoms with Gasteiger partial charge in [0.1, 0.15) is 0 Å². The molecule has 2 rings (SSSR count). The second kappa shape index (κ2) is 3.99. The van der Waals surface area contributed by atoms with Gasteiger partial charge in [0.2, 0.25) is 0 Å². The zero-order valence-corrected chi connectivity index (χ0v) is 7.42. The van der Waals surface area contributed by atoms with Crippen molar-refractivity contribution in [1.29, 1.82) is 0 Å². The third-order valence-electron chi connectivity index (χ3n) is 1.49. The number of thiazole rings is 1. The number of rotatable bonds is 1. The monoisotopic (exact) mass is 178 g/mol. The van der Waals surface area contributed by atoms with Gasteiger partial charge in [-0.2, -0.15) is 0 Å². The van der Waals surface area contributed by atoms with Crippen LogP contribution in [0.25, 0.3) is 10.4 Å². The second-order valence-electron chi connectivity index (χ2n) is 2.23. The van der Waals surface area contributed by atoms with E-state index in [0.717, 1.165) is 0 Å². The van der Waals surface area contributed by atoms with Crippen molar-refractivity contribution in [3.8, 4) is 10.4 Å². The fourth-order valence-electron chi connectivity index (χ4n) is 0.961. The first-order chi connectivity index (χ1) is 5.47. The van der Waals surface area contributed by atoms with Crippen molar-refractivity contribution in [3.05, 3.63) is 42.0 Å². The van der Waals surface area contributed by atoms with Gasteiger partial charge in [0.15, 0.2) is 0 Å². The Morgan fingerprint density at radius 1 is 1.08 bits per heavy atom. The molecular weight excluding hydrogens is 168 g/mol. The molecule has 0 aliphatic heterocycles. The van der Waals surface area contributed by atoms with E-state index < -0.39 is 0 Å². The summed E-state index contributed by atoms with van der Waals surface area (Å²) < 4.78 is 0. The van der Waals surface area contributed by atoms with Crippen LogP contribution in [0.1, 0.15) is 0 Å². The number of benzene rings is 1. The molecule has 0 saturated heterocycles. The van der Waals surface area contributed by atoms with Gasteiger partial charge >= 0.3 is 0 Å². The first kappa shape index (κ1) is 8.90. The van der Waals surface area contributed by atoms with Crippen molar-refractivity contribution < 1.29 is 0 Å². The maximum absolute atomic E-state index is 4.02. The molecule has 0 unspecified atom stereocenters. The quantitative estimate of drug-likeness (QED) is 0.729. The van der Waals surface area contributed by atoms with Crippen LogP contribution in [0.5, 0.6) is 0 Å². The van der Waals surface area contributed by atoms with Crippen LogP contribution in [-0.4, -0.2) is 4.98 Å². The van der Waals surface area contributed by atoms with E-state index in [1.807, 2.05) is 29.9 Å². The van der Waals surface area contributed by atoms with E-state index in [0.29, 0.717) is 0 Å². The first-order valence-electron chi connectivity index (χ1n) is 3.41. The third-order valence-corrected chi connectivity index (χ3v) is 2.31. The van der Waals surface area contributed by atoms with Crippen LogP contribution in [0, 0.1) is 0 Å². The minimum absolute atomic E-state index is 0. The highest BCUT2D eigenvalue weighted by Crippen LogP contribution is 2.21. The number of aromatic nitrogens is 1. The molecule has 0 saturated carbocycles. The summed E-state index contributed by atoms with van der Waals surface area (Å²) in [7, 11) is 0. The molecule has 0 radical (unpaired) electrons. The van der Waals surface area contributed by atoms with Gasteiger partial charge in [-0.3, -0.25) is 4.98 Å². The SMILES string of the molecule is N.c1ccc(-c2cncs2)cc1. The smallest absolute Gasteiger partial charge is 0.0797 e. The van der Waals surface area contributed by atoms with Gasteiger partial charge in [0.05, 0.1) is 10.4 Å². The van der Waals surface area contributed by atoms with Crippen LogP contribution in [0.15, 0.2) is 42.0 Å². The molecule has 0 amide bonds. The van der Waals surface area contributed by atoms with Crippen molar-refractivity contribution in [2.75, 3.05) is 0 Å². The summed E-state index contributed by atoms with van der Waals surface area (Å²) in [4.78, 5) is 5.24. The predicted molar refractivity (Wildman–Crippen MR) is 52.6 cm³/mol. The van der Waals surface area contributed by atoms with E-state index in [-0.39, 0.29) is 6.15 Å². The lowest BCUT2D eigenvalue weighted by Crippen LogP contribution is -1.67. The summed E-state index contributed by atoms with van der Waals surface area (Å²) in [6, 6.07) is 10.3. The molecule has 0 aliphatic rings. The molecule has 0 bridgehead atoms. The van der Waals surface area contributed by atoms with Gasteiger partial charge in [-0.15, -0.1) is 11.3 Å². The average Bonchev–Trinajstić information content (AvgIpc) is 2.58. The maximum Gasteiger partial charge on any atom is 0.0797 e. The molecule has 3 heteroatoms. The first-order valence-corrected chi connectivity index (χ1v) is 4.29. The van der Waals surface area contributed by atoms with Crippen LogP contribution >= 0.6 is 11.3 Å². The molecule has 2 nitrogen and oxygen atoms in total. The summed E-state index contributed by atoms with van der Waals surface area (Å²) >= 11 is 1.66. The highest BCUT2D eigenvalue weighted by molar-refractivity contribution is 7.13. The van der Waals surface area contributed by atoms with Gasteiger partial charge in [0.25, 0.3) is 0 Å². The highest BCUT2D eigenvalue weighted by atomic mass is 32.1. The summed E-state index contributed by atoms with van der Waals surface area (Å²) in [5, 5.41) is 0. The topological polar surface area (TPSA) is 47.9 Å². The molecular formula is C9H10N2S. The van der Waals surface area contributed by atoms with Gasteiger partial charge < -0.3 is 6.15 Å². The molecule has 0 fully saturated rings. The van der Waals surface area contributed by atoms with Gasteiger partial charge in [0, 0.05) is 6.20 Å². The Balaban J connectivity index is 0.000000720. The Kier molecular flexibility index (Phi) is 2.96. The third kappa shape index (κ3) is 1.69. The summed E-state index contributed by atoms with van der Waals surface area (Å²) in [5.74, 6) is 0. The molecule has 1 aromatic carbocycles. The molecule has 62 valence electrons. The molecule has 0 atom stereocenters. The minimum atomic E-state index is 0. The van der Waals surface area contributed by atoms with E-state index in [4.69, 9.17) is 0 Å². The molecule has 3 N–H and O–H groups in total. The number of hydrogen-bond donors (Lipinski definition) is 1. The fourth-order valence-corrected chi connectivity index (χ4v) is 1.59. The molecule has 12 heavy (non-hydrogen) atoms. The van der Waals surface area contributed by atoms with Crippen LogP contribution in [0.3, 0.4) is 0 Å². The van der Waals surface area contributed by atoms with Crippen LogP contribution < -0.4 is 6.15 Å². The highest BCUT2D eigenvalue weighted by Gasteiger charge is 1.95. The Hall–Kier alpha value is -1.19. The average molecular weight is 178 g/mol. The molecule has 0 spiro atoms. The Bertz CT molecular complexity index is 316. The van der Waals surface area contributed by atoms with Crippen molar-refractivity contribution in [2.24, 2.45) is 0 Å². The minimum Gasteiger partial charge on any atom is -0.344 e. The summed E-state index contributed by atoms with van der Waals surface area (Å²) in [6.45, 7) is 0. The lowest BCUT2D eigenvalue weighted by molar-refractivity contribution is 1.42. The predicted octanol–water partition coefficient (Wildman–Crippen LogP) is 2.97. The Morgan fingerprint density at radius 3 is 2.42 bits per heavy atom. The van der Waals surface area contributed by atoms with Crippen LogP contribution in [0.2, 0.25) is 0 Å². The largest absolute Gasteiger partial charge is 0.344 e. The maximum atomic E-state index is 4.02. The van der Waals surface area contributed by atoms with Crippen LogP contribution in [-0.2, 0) is 0 Å². The van der Waals surface area contributed by atoms with Crippen molar-refractivity contribution in [3.63, 3.8) is 0 Å². The molecule has 1 aromatic heterocycles. The van der Waals surface area contributed by atoms with E-state index in [1.165, 1.54) is 10.4 Å². The number of hydrogen-bond acceptors (Lipinski definition) is 3. The Morgan fingerprint density at radius 2 is 1.83 bits per heavy atom. The summed E-state index contributed by atoms with van der Waals surface area (Å²) in [6.07, 6.45) is 1.89.